The van der Waals surface area contributed by atoms with Crippen LogP contribution in [-0.2, 0) is 12.4 Å². The average molecular weight is 303 g/mol. The van der Waals surface area contributed by atoms with Crippen molar-refractivity contribution in [3.05, 3.63) is 47.5 Å². The molecule has 0 aliphatic rings. The van der Waals surface area contributed by atoms with Crippen LogP contribution in [-0.4, -0.2) is 26.6 Å². The summed E-state index contributed by atoms with van der Waals surface area (Å²) in [6.07, 6.45) is 1.73. The normalized spacial score (nSPS) is 11.0. The first-order valence-electron chi connectivity index (χ1n) is 6.59. The first kappa shape index (κ1) is 13.8. The SMILES string of the molecule is COc1cc(Cn2c(CCl)nc3ccc(C)nc32)ccn1. The lowest BCUT2D eigenvalue weighted by atomic mass is 10.2. The smallest absolute Gasteiger partial charge is 0.213 e. The number of alkyl halides is 1. The minimum Gasteiger partial charge on any atom is -0.481 e. The van der Waals surface area contributed by atoms with E-state index in [1.54, 1.807) is 13.3 Å². The lowest BCUT2D eigenvalue weighted by Crippen LogP contribution is -2.05. The highest BCUT2D eigenvalue weighted by atomic mass is 35.5. The molecule has 0 spiro atoms. The molecule has 108 valence electrons. The molecule has 5 nitrogen and oxygen atoms in total. The molecule has 0 fully saturated rings. The van der Waals surface area contributed by atoms with Crippen molar-refractivity contribution in [2.24, 2.45) is 0 Å². The van der Waals surface area contributed by atoms with Crippen LogP contribution in [0.1, 0.15) is 17.1 Å². The number of pyridine rings is 2. The summed E-state index contributed by atoms with van der Waals surface area (Å²) in [7, 11) is 1.60. The van der Waals surface area contributed by atoms with Crippen LogP contribution in [0.5, 0.6) is 5.88 Å². The maximum atomic E-state index is 6.02. The van der Waals surface area contributed by atoms with Gasteiger partial charge in [-0.05, 0) is 30.7 Å². The molecule has 0 aliphatic carbocycles. The third-order valence-corrected chi connectivity index (χ3v) is 3.52. The van der Waals surface area contributed by atoms with Crippen molar-refractivity contribution in [2.75, 3.05) is 7.11 Å². The monoisotopic (exact) mass is 302 g/mol. The molecule has 0 saturated heterocycles. The van der Waals surface area contributed by atoms with Gasteiger partial charge in [0, 0.05) is 18.0 Å². The van der Waals surface area contributed by atoms with Crippen LogP contribution in [0.4, 0.5) is 0 Å². The Bertz CT molecular complexity index is 784. The second-order valence-corrected chi connectivity index (χ2v) is 5.02. The highest BCUT2D eigenvalue weighted by Crippen LogP contribution is 2.19. The van der Waals surface area contributed by atoms with Gasteiger partial charge in [-0.15, -0.1) is 11.6 Å². The fourth-order valence-corrected chi connectivity index (χ4v) is 2.46. The molecule has 0 unspecified atom stereocenters. The van der Waals surface area contributed by atoms with E-state index in [1.165, 1.54) is 0 Å². The van der Waals surface area contributed by atoms with Gasteiger partial charge in [0.15, 0.2) is 5.65 Å². The molecule has 0 radical (unpaired) electrons. The summed E-state index contributed by atoms with van der Waals surface area (Å²) in [5.74, 6) is 1.74. The summed E-state index contributed by atoms with van der Waals surface area (Å²) >= 11 is 6.02. The van der Waals surface area contributed by atoms with E-state index in [1.807, 2.05) is 35.8 Å². The van der Waals surface area contributed by atoms with E-state index >= 15 is 0 Å². The van der Waals surface area contributed by atoms with Crippen molar-refractivity contribution >= 4 is 22.8 Å². The van der Waals surface area contributed by atoms with Gasteiger partial charge in [-0.2, -0.15) is 0 Å². The third-order valence-electron chi connectivity index (χ3n) is 3.28. The molecule has 0 atom stereocenters. The number of hydrogen-bond donors (Lipinski definition) is 0. The summed E-state index contributed by atoms with van der Waals surface area (Å²) in [5, 5.41) is 0. The fraction of sp³-hybridized carbons (Fsp3) is 0.267. The molecule has 6 heteroatoms. The Morgan fingerprint density at radius 3 is 2.86 bits per heavy atom. The van der Waals surface area contributed by atoms with Crippen LogP contribution in [0, 0.1) is 6.92 Å². The number of ether oxygens (including phenoxy) is 1. The van der Waals surface area contributed by atoms with Gasteiger partial charge in [0.05, 0.1) is 19.5 Å². The van der Waals surface area contributed by atoms with Crippen molar-refractivity contribution < 1.29 is 4.74 Å². The summed E-state index contributed by atoms with van der Waals surface area (Å²) in [6.45, 7) is 2.60. The highest BCUT2D eigenvalue weighted by molar-refractivity contribution is 6.16. The number of fused-ring (bicyclic) bond motifs is 1. The number of methoxy groups -OCH3 is 1. The van der Waals surface area contributed by atoms with Gasteiger partial charge in [0.2, 0.25) is 5.88 Å². The van der Waals surface area contributed by atoms with Crippen LogP contribution in [0.2, 0.25) is 0 Å². The van der Waals surface area contributed by atoms with Crippen LogP contribution >= 0.6 is 11.6 Å². The number of nitrogens with zero attached hydrogens (tertiary/aromatic N) is 4. The molecule has 0 amide bonds. The van der Waals surface area contributed by atoms with Gasteiger partial charge in [-0.3, -0.25) is 0 Å². The van der Waals surface area contributed by atoms with E-state index in [2.05, 4.69) is 15.0 Å². The average Bonchev–Trinajstić information content (AvgIpc) is 2.85. The van der Waals surface area contributed by atoms with E-state index < -0.39 is 0 Å². The zero-order valence-corrected chi connectivity index (χ0v) is 12.6. The molecule has 21 heavy (non-hydrogen) atoms. The van der Waals surface area contributed by atoms with Crippen LogP contribution in [0.25, 0.3) is 11.2 Å². The standard InChI is InChI=1S/C15H15ClN4O/c1-10-3-4-12-15(18-10)20(13(8-16)19-12)9-11-5-6-17-14(7-11)21-2/h3-7H,8-9H2,1-2H3. The van der Waals surface area contributed by atoms with Gasteiger partial charge in [-0.25, -0.2) is 15.0 Å². The molecule has 0 N–H and O–H groups in total. The van der Waals surface area contributed by atoms with Gasteiger partial charge in [0.25, 0.3) is 0 Å². The Morgan fingerprint density at radius 1 is 1.24 bits per heavy atom. The summed E-state index contributed by atoms with van der Waals surface area (Å²) in [6, 6.07) is 7.77. The summed E-state index contributed by atoms with van der Waals surface area (Å²) in [4.78, 5) is 13.2. The Kier molecular flexibility index (Phi) is 3.75. The predicted molar refractivity (Wildman–Crippen MR) is 81.7 cm³/mol. The van der Waals surface area contributed by atoms with Crippen LogP contribution < -0.4 is 4.74 Å². The second-order valence-electron chi connectivity index (χ2n) is 4.75. The van der Waals surface area contributed by atoms with Gasteiger partial charge in [0.1, 0.15) is 11.3 Å². The highest BCUT2D eigenvalue weighted by Gasteiger charge is 2.12. The number of hydrogen-bond acceptors (Lipinski definition) is 4. The maximum absolute atomic E-state index is 6.02. The van der Waals surface area contributed by atoms with Gasteiger partial charge >= 0.3 is 0 Å². The Balaban J connectivity index is 2.07. The number of imidazole rings is 1. The van der Waals surface area contributed by atoms with Crippen molar-refractivity contribution in [1.29, 1.82) is 0 Å². The Morgan fingerprint density at radius 2 is 2.10 bits per heavy atom. The van der Waals surface area contributed by atoms with E-state index in [0.29, 0.717) is 18.3 Å². The number of rotatable bonds is 4. The Labute approximate surface area is 127 Å². The third kappa shape index (κ3) is 2.69. The first-order valence-corrected chi connectivity index (χ1v) is 7.12. The zero-order chi connectivity index (χ0) is 14.8. The summed E-state index contributed by atoms with van der Waals surface area (Å²) < 4.78 is 7.19. The molecular weight excluding hydrogens is 288 g/mol. The number of aromatic nitrogens is 4. The summed E-state index contributed by atoms with van der Waals surface area (Å²) in [5.41, 5.74) is 3.73. The molecule has 3 aromatic heterocycles. The minimum atomic E-state index is 0.345. The van der Waals surface area contributed by atoms with Gasteiger partial charge < -0.3 is 9.30 Å². The van der Waals surface area contributed by atoms with E-state index in [0.717, 1.165) is 28.2 Å². The van der Waals surface area contributed by atoms with Crippen LogP contribution in [0.3, 0.4) is 0 Å². The van der Waals surface area contributed by atoms with Gasteiger partial charge in [-0.1, -0.05) is 0 Å². The van der Waals surface area contributed by atoms with Crippen molar-refractivity contribution in [1.82, 2.24) is 19.5 Å². The topological polar surface area (TPSA) is 52.8 Å². The quantitative estimate of drug-likeness (QED) is 0.695. The molecule has 3 rings (SSSR count). The Hall–Kier alpha value is -2.14. The van der Waals surface area contributed by atoms with Crippen molar-refractivity contribution in [2.45, 2.75) is 19.3 Å². The number of aryl methyl sites for hydroxylation is 1. The lowest BCUT2D eigenvalue weighted by molar-refractivity contribution is 0.397. The molecule has 3 heterocycles. The molecule has 3 aromatic rings. The molecular formula is C15H15ClN4O. The predicted octanol–water partition coefficient (Wildman–Crippen LogP) is 2.93. The van der Waals surface area contributed by atoms with E-state index in [9.17, 15) is 0 Å². The molecule has 0 bridgehead atoms. The molecule has 0 saturated carbocycles. The van der Waals surface area contributed by atoms with Crippen molar-refractivity contribution in [3.8, 4) is 5.88 Å². The van der Waals surface area contributed by atoms with Crippen LogP contribution in [0.15, 0.2) is 30.5 Å². The number of halogens is 1. The maximum Gasteiger partial charge on any atom is 0.213 e. The minimum absolute atomic E-state index is 0.345. The second kappa shape index (κ2) is 5.69. The lowest BCUT2D eigenvalue weighted by Gasteiger charge is -2.08. The fourth-order valence-electron chi connectivity index (χ4n) is 2.25. The largest absolute Gasteiger partial charge is 0.481 e. The molecule has 0 aliphatic heterocycles. The molecule has 0 aromatic carbocycles. The van der Waals surface area contributed by atoms with E-state index in [-0.39, 0.29) is 0 Å². The van der Waals surface area contributed by atoms with E-state index in [4.69, 9.17) is 16.3 Å². The van der Waals surface area contributed by atoms with Crippen molar-refractivity contribution in [3.63, 3.8) is 0 Å². The zero-order valence-electron chi connectivity index (χ0n) is 11.9. The first-order chi connectivity index (χ1) is 10.2.